The first-order chi connectivity index (χ1) is 11.6. The Labute approximate surface area is 164 Å². The molecule has 0 radical (unpaired) electrons. The van der Waals surface area contributed by atoms with Crippen molar-refractivity contribution in [3.8, 4) is 11.5 Å². The fourth-order valence-electron chi connectivity index (χ4n) is 1.93. The maximum Gasteiger partial charge on any atom is 0.326 e. The molecule has 0 aromatic heterocycles. The Morgan fingerprint density at radius 3 is 2.56 bits per heavy atom. The molecule has 1 fully saturated rings. The van der Waals surface area contributed by atoms with E-state index < -0.39 is 23.7 Å². The van der Waals surface area contributed by atoms with E-state index in [-0.39, 0.29) is 32.5 Å². The molecular formula is C15H13Br2NO6S. The first-order valence-electron chi connectivity index (χ1n) is 6.96. The van der Waals surface area contributed by atoms with Crippen LogP contribution in [0.1, 0.15) is 19.4 Å². The summed E-state index contributed by atoms with van der Waals surface area (Å²) in [6.45, 7) is 2.85. The van der Waals surface area contributed by atoms with Crippen LogP contribution in [-0.4, -0.2) is 44.9 Å². The van der Waals surface area contributed by atoms with E-state index in [1.807, 2.05) is 0 Å². The number of aromatic hydroxyl groups is 2. The highest BCUT2D eigenvalue weighted by atomic mass is 79.9. The van der Waals surface area contributed by atoms with Gasteiger partial charge < -0.3 is 14.9 Å². The average Bonchev–Trinajstić information content (AvgIpc) is 2.77. The second-order valence-electron chi connectivity index (χ2n) is 5.27. The molecule has 0 aliphatic carbocycles. The molecule has 2 rings (SSSR count). The zero-order valence-corrected chi connectivity index (χ0v) is 17.1. The van der Waals surface area contributed by atoms with Gasteiger partial charge in [-0.3, -0.25) is 19.3 Å². The van der Waals surface area contributed by atoms with Crippen LogP contribution in [0.2, 0.25) is 0 Å². The van der Waals surface area contributed by atoms with Crippen molar-refractivity contribution in [2.75, 3.05) is 6.54 Å². The lowest BCUT2D eigenvalue weighted by Gasteiger charge is -2.13. The first kappa shape index (κ1) is 19.8. The van der Waals surface area contributed by atoms with Crippen LogP contribution in [0.5, 0.6) is 11.5 Å². The van der Waals surface area contributed by atoms with Gasteiger partial charge in [0.1, 0.15) is 22.5 Å². The molecule has 1 aliphatic rings. The molecule has 134 valence electrons. The molecule has 1 aromatic carbocycles. The lowest BCUT2D eigenvalue weighted by Crippen LogP contribution is -2.35. The highest BCUT2D eigenvalue weighted by Crippen LogP contribution is 2.43. The zero-order valence-electron chi connectivity index (χ0n) is 13.1. The minimum atomic E-state index is -0.684. The van der Waals surface area contributed by atoms with Gasteiger partial charge in [-0.2, -0.15) is 0 Å². The number of hydrogen-bond acceptors (Lipinski definition) is 7. The molecule has 0 unspecified atom stereocenters. The van der Waals surface area contributed by atoms with E-state index >= 15 is 0 Å². The van der Waals surface area contributed by atoms with Crippen molar-refractivity contribution in [1.29, 1.82) is 0 Å². The summed E-state index contributed by atoms with van der Waals surface area (Å²) in [5.41, 5.74) is 0.215. The Hall–Kier alpha value is -1.52. The Balaban J connectivity index is 2.28. The Bertz CT molecular complexity index is 793. The second-order valence-corrected chi connectivity index (χ2v) is 7.91. The van der Waals surface area contributed by atoms with Crippen LogP contribution in [0.15, 0.2) is 19.9 Å². The normalized spacial score (nSPS) is 16.2. The van der Waals surface area contributed by atoms with E-state index in [2.05, 4.69) is 31.9 Å². The molecule has 1 aliphatic heterocycles. The van der Waals surface area contributed by atoms with Crippen LogP contribution >= 0.6 is 43.6 Å². The number of esters is 1. The monoisotopic (exact) mass is 493 g/mol. The van der Waals surface area contributed by atoms with E-state index in [0.717, 1.165) is 4.90 Å². The van der Waals surface area contributed by atoms with Gasteiger partial charge >= 0.3 is 5.97 Å². The number of hydrogen-bond donors (Lipinski definition) is 2. The molecule has 1 aromatic rings. The predicted molar refractivity (Wildman–Crippen MR) is 99.1 cm³/mol. The average molecular weight is 495 g/mol. The molecule has 0 atom stereocenters. The van der Waals surface area contributed by atoms with Crippen LogP contribution in [0.3, 0.4) is 0 Å². The molecule has 0 saturated carbocycles. The largest absolute Gasteiger partial charge is 0.506 e. The highest BCUT2D eigenvalue weighted by molar-refractivity contribution is 9.11. The summed E-state index contributed by atoms with van der Waals surface area (Å²) in [5.74, 6) is -1.82. The van der Waals surface area contributed by atoms with E-state index in [1.165, 1.54) is 12.1 Å². The second kappa shape index (κ2) is 7.79. The zero-order chi connectivity index (χ0) is 18.9. The fraction of sp³-hybridized carbons (Fsp3) is 0.267. The number of rotatable bonds is 4. The third-order valence-corrected chi connectivity index (χ3v) is 5.28. The molecular weight excluding hydrogens is 482 g/mol. The highest BCUT2D eigenvalue weighted by Gasteiger charge is 2.37. The predicted octanol–water partition coefficient (Wildman–Crippen LogP) is 3.61. The van der Waals surface area contributed by atoms with E-state index in [9.17, 15) is 24.6 Å². The first-order valence-corrected chi connectivity index (χ1v) is 9.36. The Morgan fingerprint density at radius 2 is 1.96 bits per heavy atom. The van der Waals surface area contributed by atoms with Crippen LogP contribution in [-0.2, 0) is 14.3 Å². The van der Waals surface area contributed by atoms with Crippen LogP contribution < -0.4 is 0 Å². The summed E-state index contributed by atoms with van der Waals surface area (Å²) in [6.07, 6.45) is 0.954. The van der Waals surface area contributed by atoms with Gasteiger partial charge in [0.05, 0.1) is 15.5 Å². The summed E-state index contributed by atoms with van der Waals surface area (Å²) in [4.78, 5) is 36.8. The van der Waals surface area contributed by atoms with Crippen molar-refractivity contribution in [3.05, 3.63) is 25.5 Å². The van der Waals surface area contributed by atoms with E-state index in [0.29, 0.717) is 16.2 Å². The van der Waals surface area contributed by atoms with Crippen molar-refractivity contribution >= 4 is 66.8 Å². The summed E-state index contributed by atoms with van der Waals surface area (Å²) in [7, 11) is 0. The molecule has 1 saturated heterocycles. The Kier molecular flexibility index (Phi) is 6.17. The van der Waals surface area contributed by atoms with E-state index in [1.54, 1.807) is 13.8 Å². The summed E-state index contributed by atoms with van der Waals surface area (Å²) in [5, 5.41) is 19.2. The van der Waals surface area contributed by atoms with Crippen LogP contribution in [0.25, 0.3) is 6.08 Å². The number of benzene rings is 1. The van der Waals surface area contributed by atoms with Crippen LogP contribution in [0.4, 0.5) is 4.79 Å². The van der Waals surface area contributed by atoms with Crippen molar-refractivity contribution in [3.63, 3.8) is 0 Å². The number of carbonyl (C=O) groups is 3. The van der Waals surface area contributed by atoms with Gasteiger partial charge in [0.2, 0.25) is 0 Å². The minimum absolute atomic E-state index is 0.0436. The lowest BCUT2D eigenvalue weighted by atomic mass is 10.1. The lowest BCUT2D eigenvalue weighted by molar-refractivity contribution is -0.149. The van der Waals surface area contributed by atoms with Crippen LogP contribution in [0, 0.1) is 0 Å². The summed E-state index contributed by atoms with van der Waals surface area (Å²) in [6, 6.07) is 1.40. The maximum atomic E-state index is 12.3. The van der Waals surface area contributed by atoms with Crippen molar-refractivity contribution < 1.29 is 29.3 Å². The van der Waals surface area contributed by atoms with Crippen molar-refractivity contribution in [2.24, 2.45) is 0 Å². The standard InChI is InChI=1S/C15H13Br2NO6S/c1-6(2)24-10(19)5-18-14(22)9(25-15(18)23)4-7-3-8(16)13(21)11(17)12(7)20/h3-4,6,20-21H,5H2,1-2H3/b9-4-. The van der Waals surface area contributed by atoms with Crippen molar-refractivity contribution in [2.45, 2.75) is 20.0 Å². The maximum absolute atomic E-state index is 12.3. The minimum Gasteiger partial charge on any atom is -0.506 e. The number of imide groups is 1. The number of amides is 2. The van der Waals surface area contributed by atoms with Crippen molar-refractivity contribution in [1.82, 2.24) is 4.90 Å². The number of thioether (sulfide) groups is 1. The SMILES string of the molecule is CC(C)OC(=O)CN1C(=O)S/C(=C\c2cc(Br)c(O)c(Br)c2O)C1=O. The quantitative estimate of drug-likeness (QED) is 0.486. The van der Waals surface area contributed by atoms with E-state index in [4.69, 9.17) is 4.74 Å². The van der Waals surface area contributed by atoms with Gasteiger partial charge in [0, 0.05) is 5.56 Å². The molecule has 1 heterocycles. The van der Waals surface area contributed by atoms with Gasteiger partial charge in [-0.15, -0.1) is 0 Å². The van der Waals surface area contributed by atoms with Gasteiger partial charge in [-0.05, 0) is 69.6 Å². The van der Waals surface area contributed by atoms with Gasteiger partial charge in [0.15, 0.2) is 0 Å². The molecule has 0 spiro atoms. The molecule has 2 N–H and O–H groups in total. The number of halogens is 2. The summed E-state index contributed by atoms with van der Waals surface area (Å²) >= 11 is 6.81. The molecule has 10 heteroatoms. The third kappa shape index (κ3) is 4.36. The number of phenolic OH excluding ortho intramolecular Hbond substituents is 2. The van der Waals surface area contributed by atoms with Gasteiger partial charge in [-0.25, -0.2) is 0 Å². The number of carbonyl (C=O) groups excluding carboxylic acids is 3. The third-order valence-electron chi connectivity index (χ3n) is 3.01. The molecule has 25 heavy (non-hydrogen) atoms. The number of nitrogens with zero attached hydrogens (tertiary/aromatic N) is 1. The molecule has 7 nitrogen and oxygen atoms in total. The number of phenols is 2. The fourth-order valence-corrected chi connectivity index (χ4v) is 3.92. The van der Waals surface area contributed by atoms with Gasteiger partial charge in [0.25, 0.3) is 11.1 Å². The summed E-state index contributed by atoms with van der Waals surface area (Å²) < 4.78 is 5.28. The number of ether oxygens (including phenoxy) is 1. The smallest absolute Gasteiger partial charge is 0.326 e. The molecule has 2 amide bonds. The topological polar surface area (TPSA) is 104 Å². The Morgan fingerprint density at radius 1 is 1.32 bits per heavy atom. The van der Waals surface area contributed by atoms with Gasteiger partial charge in [-0.1, -0.05) is 0 Å². The molecule has 0 bridgehead atoms.